The molecule has 2 unspecified atom stereocenters. The lowest BCUT2D eigenvalue weighted by molar-refractivity contribution is -0.0244. The second-order valence-electron chi connectivity index (χ2n) is 3.36. The van der Waals surface area contributed by atoms with Crippen LogP contribution < -0.4 is 5.73 Å². The zero-order valence-electron chi connectivity index (χ0n) is 8.41. The minimum absolute atomic E-state index is 0.211. The Balaban J connectivity index is 2.82. The quantitative estimate of drug-likeness (QED) is 0.777. The van der Waals surface area contributed by atoms with Crippen LogP contribution in [-0.2, 0) is 4.74 Å². The number of ether oxygens (including phenoxy) is 1. The highest BCUT2D eigenvalue weighted by atomic mass is 16.5. The molecule has 0 bridgehead atoms. The van der Waals surface area contributed by atoms with Gasteiger partial charge >= 0.3 is 0 Å². The van der Waals surface area contributed by atoms with Crippen LogP contribution in [0.2, 0.25) is 0 Å². The van der Waals surface area contributed by atoms with Crippen molar-refractivity contribution in [3.63, 3.8) is 0 Å². The summed E-state index contributed by atoms with van der Waals surface area (Å²) >= 11 is 0. The Labute approximate surface area is 78.9 Å². The highest BCUT2D eigenvalue weighted by Crippen LogP contribution is 2.29. The summed E-state index contributed by atoms with van der Waals surface area (Å²) in [6, 6.07) is 3.50. The molecule has 3 heteroatoms. The van der Waals surface area contributed by atoms with Crippen LogP contribution in [0.3, 0.4) is 0 Å². The van der Waals surface area contributed by atoms with E-state index in [2.05, 4.69) is 0 Å². The van der Waals surface area contributed by atoms with E-state index in [9.17, 15) is 0 Å². The fraction of sp³-hybridized carbons (Fsp3) is 0.600. The largest absolute Gasteiger partial charge is 0.468 e. The second-order valence-corrected chi connectivity index (χ2v) is 3.36. The molecule has 1 rings (SSSR count). The van der Waals surface area contributed by atoms with Crippen LogP contribution in [0.25, 0.3) is 0 Å². The topological polar surface area (TPSA) is 48.4 Å². The molecule has 1 aromatic rings. The fourth-order valence-electron chi connectivity index (χ4n) is 1.26. The molecule has 2 atom stereocenters. The predicted octanol–water partition coefficient (Wildman–Crippen LogP) is 2.09. The Morgan fingerprint density at radius 2 is 2.38 bits per heavy atom. The Hall–Kier alpha value is -0.800. The van der Waals surface area contributed by atoms with Gasteiger partial charge in [-0.3, -0.25) is 0 Å². The van der Waals surface area contributed by atoms with E-state index >= 15 is 0 Å². The maximum atomic E-state index is 6.02. The van der Waals surface area contributed by atoms with Gasteiger partial charge in [0.2, 0.25) is 0 Å². The summed E-state index contributed by atoms with van der Waals surface area (Å²) in [4.78, 5) is 0. The van der Waals surface area contributed by atoms with Crippen molar-refractivity contribution in [3.8, 4) is 0 Å². The van der Waals surface area contributed by atoms with Gasteiger partial charge in [0.15, 0.2) is 0 Å². The monoisotopic (exact) mass is 183 g/mol. The lowest BCUT2D eigenvalue weighted by atomic mass is 9.92. The molecule has 0 radical (unpaired) electrons. The van der Waals surface area contributed by atoms with Gasteiger partial charge < -0.3 is 14.9 Å². The van der Waals surface area contributed by atoms with Crippen LogP contribution in [0.5, 0.6) is 0 Å². The van der Waals surface area contributed by atoms with Gasteiger partial charge in [-0.2, -0.15) is 0 Å². The van der Waals surface area contributed by atoms with Gasteiger partial charge in [0.05, 0.1) is 17.9 Å². The molecular formula is C10H17NO2. The van der Waals surface area contributed by atoms with E-state index in [0.717, 1.165) is 12.2 Å². The number of furan rings is 1. The van der Waals surface area contributed by atoms with Crippen LogP contribution in [0, 0.1) is 0 Å². The molecule has 2 N–H and O–H groups in total. The van der Waals surface area contributed by atoms with E-state index < -0.39 is 0 Å². The lowest BCUT2D eigenvalue weighted by Crippen LogP contribution is -2.39. The molecule has 1 aromatic heterocycles. The van der Waals surface area contributed by atoms with Gasteiger partial charge in [0.25, 0.3) is 0 Å². The second kappa shape index (κ2) is 3.94. The van der Waals surface area contributed by atoms with Crippen LogP contribution in [-0.4, -0.2) is 12.7 Å². The zero-order valence-corrected chi connectivity index (χ0v) is 8.41. The van der Waals surface area contributed by atoms with Crippen LogP contribution in [0.15, 0.2) is 22.8 Å². The van der Waals surface area contributed by atoms with Crippen molar-refractivity contribution in [2.45, 2.75) is 31.9 Å². The number of rotatable bonds is 4. The number of methoxy groups -OCH3 is 1. The SMILES string of the molecule is CCC(C)(OC)C(N)c1ccco1. The van der Waals surface area contributed by atoms with E-state index in [1.165, 1.54) is 0 Å². The first-order chi connectivity index (χ1) is 6.14. The third-order valence-electron chi connectivity index (χ3n) is 2.68. The standard InChI is InChI=1S/C10H17NO2/c1-4-10(2,12-3)9(11)8-6-5-7-13-8/h5-7,9H,4,11H2,1-3H3. The van der Waals surface area contributed by atoms with E-state index in [4.69, 9.17) is 14.9 Å². The third kappa shape index (κ3) is 1.92. The highest BCUT2D eigenvalue weighted by molar-refractivity contribution is 5.08. The van der Waals surface area contributed by atoms with Crippen molar-refractivity contribution in [2.75, 3.05) is 7.11 Å². The molecule has 0 amide bonds. The summed E-state index contributed by atoms with van der Waals surface area (Å²) in [6.07, 6.45) is 2.48. The molecular weight excluding hydrogens is 166 g/mol. The van der Waals surface area contributed by atoms with Gasteiger partial charge in [-0.05, 0) is 25.5 Å². The average Bonchev–Trinajstić information content (AvgIpc) is 2.68. The van der Waals surface area contributed by atoms with E-state index in [1.807, 2.05) is 26.0 Å². The summed E-state index contributed by atoms with van der Waals surface area (Å²) in [5.74, 6) is 0.770. The van der Waals surface area contributed by atoms with Crippen LogP contribution in [0.1, 0.15) is 32.1 Å². The minimum Gasteiger partial charge on any atom is -0.468 e. The molecule has 1 heterocycles. The van der Waals surface area contributed by atoms with Crippen LogP contribution in [0.4, 0.5) is 0 Å². The van der Waals surface area contributed by atoms with Crippen molar-refractivity contribution < 1.29 is 9.15 Å². The van der Waals surface area contributed by atoms with E-state index in [-0.39, 0.29) is 11.6 Å². The molecule has 3 nitrogen and oxygen atoms in total. The van der Waals surface area contributed by atoms with E-state index in [1.54, 1.807) is 13.4 Å². The van der Waals surface area contributed by atoms with Crippen molar-refractivity contribution >= 4 is 0 Å². The Morgan fingerprint density at radius 1 is 1.69 bits per heavy atom. The first-order valence-electron chi connectivity index (χ1n) is 4.48. The lowest BCUT2D eigenvalue weighted by Gasteiger charge is -2.31. The van der Waals surface area contributed by atoms with Gasteiger partial charge in [-0.25, -0.2) is 0 Å². The Morgan fingerprint density at radius 3 is 2.77 bits per heavy atom. The molecule has 0 saturated heterocycles. The molecule has 0 aliphatic rings. The summed E-state index contributed by atoms with van der Waals surface area (Å²) in [6.45, 7) is 4.03. The molecule has 0 spiro atoms. The molecule has 0 aliphatic carbocycles. The molecule has 0 aromatic carbocycles. The summed E-state index contributed by atoms with van der Waals surface area (Å²) in [5, 5.41) is 0. The third-order valence-corrected chi connectivity index (χ3v) is 2.68. The maximum Gasteiger partial charge on any atom is 0.123 e. The fourth-order valence-corrected chi connectivity index (χ4v) is 1.26. The molecule has 74 valence electrons. The van der Waals surface area contributed by atoms with Gasteiger partial charge in [0.1, 0.15) is 5.76 Å². The summed E-state index contributed by atoms with van der Waals surface area (Å²) in [7, 11) is 1.67. The Kier molecular flexibility index (Phi) is 3.12. The molecule has 13 heavy (non-hydrogen) atoms. The van der Waals surface area contributed by atoms with Gasteiger partial charge in [-0.15, -0.1) is 0 Å². The van der Waals surface area contributed by atoms with E-state index in [0.29, 0.717) is 0 Å². The maximum absolute atomic E-state index is 6.02. The molecule has 0 saturated carbocycles. The number of hydrogen-bond donors (Lipinski definition) is 1. The van der Waals surface area contributed by atoms with Gasteiger partial charge in [-0.1, -0.05) is 6.92 Å². The van der Waals surface area contributed by atoms with Crippen LogP contribution >= 0.6 is 0 Å². The summed E-state index contributed by atoms with van der Waals surface area (Å²) in [5.41, 5.74) is 5.67. The predicted molar refractivity (Wildman–Crippen MR) is 51.3 cm³/mol. The molecule has 0 fully saturated rings. The van der Waals surface area contributed by atoms with Crippen molar-refractivity contribution in [1.29, 1.82) is 0 Å². The Bertz CT molecular complexity index is 239. The average molecular weight is 183 g/mol. The van der Waals surface area contributed by atoms with Gasteiger partial charge in [0, 0.05) is 7.11 Å². The molecule has 0 aliphatic heterocycles. The highest BCUT2D eigenvalue weighted by Gasteiger charge is 2.32. The number of hydrogen-bond acceptors (Lipinski definition) is 3. The normalized spacial score (nSPS) is 18.2. The van der Waals surface area contributed by atoms with Crippen molar-refractivity contribution in [3.05, 3.63) is 24.2 Å². The number of nitrogens with two attached hydrogens (primary N) is 1. The summed E-state index contributed by atoms with van der Waals surface area (Å²) < 4.78 is 10.6. The minimum atomic E-state index is -0.349. The van der Waals surface area contributed by atoms with Crippen molar-refractivity contribution in [1.82, 2.24) is 0 Å². The smallest absolute Gasteiger partial charge is 0.123 e. The van der Waals surface area contributed by atoms with Crippen molar-refractivity contribution in [2.24, 2.45) is 5.73 Å². The first kappa shape index (κ1) is 10.3. The first-order valence-corrected chi connectivity index (χ1v) is 4.48. The zero-order chi connectivity index (χ0) is 9.90.